The van der Waals surface area contributed by atoms with E-state index in [4.69, 9.17) is 19.9 Å². The summed E-state index contributed by atoms with van der Waals surface area (Å²) in [7, 11) is 1.18. The van der Waals surface area contributed by atoms with Crippen molar-refractivity contribution in [1.82, 2.24) is 5.32 Å². The fourth-order valence-corrected chi connectivity index (χ4v) is 2.31. The van der Waals surface area contributed by atoms with Gasteiger partial charge in [-0.2, -0.15) is 0 Å². The molecule has 0 aliphatic rings. The summed E-state index contributed by atoms with van der Waals surface area (Å²) in [6.45, 7) is 4.80. The Labute approximate surface area is 180 Å². The van der Waals surface area contributed by atoms with Gasteiger partial charge >= 0.3 is 5.97 Å². The summed E-state index contributed by atoms with van der Waals surface area (Å²) in [6, 6.07) is 3.89. The second-order valence-electron chi connectivity index (χ2n) is 6.07. The van der Waals surface area contributed by atoms with Crippen molar-refractivity contribution in [3.8, 4) is 0 Å². The van der Waals surface area contributed by atoms with Crippen molar-refractivity contribution in [3.63, 3.8) is 0 Å². The topological polar surface area (TPSA) is 143 Å². The maximum Gasteiger partial charge on any atom is 0.337 e. The second-order valence-corrected chi connectivity index (χ2v) is 6.07. The van der Waals surface area contributed by atoms with Crippen LogP contribution in [0.4, 0.5) is 0 Å². The third-order valence-electron chi connectivity index (χ3n) is 3.78. The molecule has 170 valence electrons. The van der Waals surface area contributed by atoms with Gasteiger partial charge < -0.3 is 30.0 Å². The summed E-state index contributed by atoms with van der Waals surface area (Å²) in [5.74, 6) is -2.60. The van der Waals surface area contributed by atoms with E-state index in [1.807, 2.05) is 6.92 Å². The zero-order valence-electron chi connectivity index (χ0n) is 17.7. The fraction of sp³-hybridized carbons (Fsp3) is 0.429. The number of carbonyl (C=O) groups is 4. The van der Waals surface area contributed by atoms with E-state index in [1.54, 1.807) is 0 Å². The Bertz CT molecular complexity index is 792. The summed E-state index contributed by atoms with van der Waals surface area (Å²) >= 11 is 0. The molecule has 3 N–H and O–H groups in total. The van der Waals surface area contributed by atoms with Gasteiger partial charge in [0.25, 0.3) is 5.91 Å². The average Bonchev–Trinajstić information content (AvgIpc) is 2.77. The normalized spacial score (nSPS) is 10.8. The van der Waals surface area contributed by atoms with Crippen LogP contribution in [0.3, 0.4) is 0 Å². The molecule has 1 aromatic rings. The molecule has 1 rings (SSSR count). The highest BCUT2D eigenvalue weighted by molar-refractivity contribution is 6.10. The third kappa shape index (κ3) is 10.5. The van der Waals surface area contributed by atoms with Crippen molar-refractivity contribution in [2.75, 3.05) is 53.3 Å². The Morgan fingerprint density at radius 1 is 0.871 bits per heavy atom. The first-order valence-corrected chi connectivity index (χ1v) is 9.65. The van der Waals surface area contributed by atoms with Gasteiger partial charge in [-0.1, -0.05) is 0 Å². The standard InChI is InChI=1S/C21H28N2O8/c1-3-29-8-9-31-11-10-30-7-6-23-20(26)16-12-15(18(24)4-5-19(22)25)13-17(14-16)21(27)28-2/h4-5,12-14H,3,6-11H2,1-2H3,(H2,22,25)(H,23,26)/b5-4+. The SMILES string of the molecule is CCOCCOCCOCCNC(=O)c1cc(C(=O)/C=C/C(N)=O)cc(C(=O)OC)c1. The van der Waals surface area contributed by atoms with Crippen molar-refractivity contribution in [3.05, 3.63) is 47.0 Å². The molecular formula is C21H28N2O8. The van der Waals surface area contributed by atoms with Crippen LogP contribution < -0.4 is 11.1 Å². The first kappa shape index (κ1) is 26.0. The predicted molar refractivity (Wildman–Crippen MR) is 111 cm³/mol. The molecule has 0 aliphatic heterocycles. The van der Waals surface area contributed by atoms with Crippen LogP contribution in [0, 0.1) is 0 Å². The molecule has 0 atom stereocenters. The van der Waals surface area contributed by atoms with Gasteiger partial charge in [0.15, 0.2) is 5.78 Å². The molecule has 0 aromatic heterocycles. The van der Waals surface area contributed by atoms with E-state index in [9.17, 15) is 19.2 Å². The number of nitrogens with two attached hydrogens (primary N) is 1. The van der Waals surface area contributed by atoms with Gasteiger partial charge in [0.2, 0.25) is 5.91 Å². The second kappa shape index (κ2) is 14.8. The number of esters is 1. The highest BCUT2D eigenvalue weighted by atomic mass is 16.5. The minimum Gasteiger partial charge on any atom is -0.465 e. The number of rotatable bonds is 15. The number of ether oxygens (including phenoxy) is 4. The minimum absolute atomic E-state index is 0.0198. The van der Waals surface area contributed by atoms with E-state index in [0.717, 1.165) is 12.2 Å². The molecule has 1 aromatic carbocycles. The van der Waals surface area contributed by atoms with Crippen molar-refractivity contribution in [2.45, 2.75) is 6.92 Å². The largest absolute Gasteiger partial charge is 0.465 e. The maximum atomic E-state index is 12.4. The molecule has 0 radical (unpaired) electrons. The summed E-state index contributed by atoms with van der Waals surface area (Å²) in [5.41, 5.74) is 5.12. The van der Waals surface area contributed by atoms with Gasteiger partial charge in [-0.15, -0.1) is 0 Å². The Morgan fingerprint density at radius 2 is 1.45 bits per heavy atom. The van der Waals surface area contributed by atoms with Crippen LogP contribution in [0.25, 0.3) is 0 Å². The molecule has 10 heteroatoms. The quantitative estimate of drug-likeness (QED) is 0.175. The molecular weight excluding hydrogens is 408 g/mol. The summed E-state index contributed by atoms with van der Waals surface area (Å²) in [5, 5.41) is 2.64. The van der Waals surface area contributed by atoms with Crippen LogP contribution >= 0.6 is 0 Å². The van der Waals surface area contributed by atoms with Gasteiger partial charge in [0.1, 0.15) is 0 Å². The van der Waals surface area contributed by atoms with Crippen LogP contribution in [0.1, 0.15) is 38.0 Å². The number of methoxy groups -OCH3 is 1. The first-order valence-electron chi connectivity index (χ1n) is 9.65. The van der Waals surface area contributed by atoms with E-state index < -0.39 is 23.6 Å². The fourth-order valence-electron chi connectivity index (χ4n) is 2.31. The monoisotopic (exact) mass is 436 g/mol. The Balaban J connectivity index is 2.61. The molecule has 10 nitrogen and oxygen atoms in total. The zero-order valence-corrected chi connectivity index (χ0v) is 17.7. The number of hydrogen-bond acceptors (Lipinski definition) is 8. The lowest BCUT2D eigenvalue weighted by Crippen LogP contribution is -2.28. The van der Waals surface area contributed by atoms with E-state index in [2.05, 4.69) is 10.1 Å². The van der Waals surface area contributed by atoms with Crippen molar-refractivity contribution < 1.29 is 38.1 Å². The Kier molecular flexibility index (Phi) is 12.4. The van der Waals surface area contributed by atoms with Gasteiger partial charge in [-0.05, 0) is 31.2 Å². The van der Waals surface area contributed by atoms with E-state index in [-0.39, 0.29) is 29.8 Å². The average molecular weight is 436 g/mol. The molecule has 0 saturated carbocycles. The van der Waals surface area contributed by atoms with Crippen LogP contribution in [-0.2, 0) is 23.7 Å². The van der Waals surface area contributed by atoms with E-state index in [0.29, 0.717) is 33.0 Å². The molecule has 0 fully saturated rings. The number of nitrogens with one attached hydrogen (secondary N) is 1. The van der Waals surface area contributed by atoms with Gasteiger partial charge in [0, 0.05) is 30.4 Å². The van der Waals surface area contributed by atoms with Gasteiger partial charge in [0.05, 0.1) is 45.7 Å². The highest BCUT2D eigenvalue weighted by Crippen LogP contribution is 2.13. The molecule has 0 spiro atoms. The number of hydrogen-bond donors (Lipinski definition) is 2. The van der Waals surface area contributed by atoms with Gasteiger partial charge in [-0.3, -0.25) is 14.4 Å². The lowest BCUT2D eigenvalue weighted by Gasteiger charge is -2.09. The van der Waals surface area contributed by atoms with Crippen LogP contribution in [0.5, 0.6) is 0 Å². The molecule has 0 saturated heterocycles. The highest BCUT2D eigenvalue weighted by Gasteiger charge is 2.16. The van der Waals surface area contributed by atoms with E-state index in [1.165, 1.54) is 25.3 Å². The lowest BCUT2D eigenvalue weighted by atomic mass is 10.0. The van der Waals surface area contributed by atoms with Crippen molar-refractivity contribution in [2.24, 2.45) is 5.73 Å². The lowest BCUT2D eigenvalue weighted by molar-refractivity contribution is -0.113. The summed E-state index contributed by atoms with van der Waals surface area (Å²) < 4.78 is 20.5. The van der Waals surface area contributed by atoms with Crippen LogP contribution in [0.15, 0.2) is 30.4 Å². The van der Waals surface area contributed by atoms with E-state index >= 15 is 0 Å². The van der Waals surface area contributed by atoms with Crippen LogP contribution in [0.2, 0.25) is 0 Å². The third-order valence-corrected chi connectivity index (χ3v) is 3.78. The smallest absolute Gasteiger partial charge is 0.337 e. The molecule has 0 bridgehead atoms. The number of amides is 2. The molecule has 0 heterocycles. The van der Waals surface area contributed by atoms with Crippen LogP contribution in [-0.4, -0.2) is 76.9 Å². The number of ketones is 1. The molecule has 2 amide bonds. The Morgan fingerprint density at radius 3 is 2.06 bits per heavy atom. The number of primary amides is 1. The molecule has 0 aliphatic carbocycles. The Hall–Kier alpha value is -3.08. The molecule has 0 unspecified atom stereocenters. The number of benzene rings is 1. The number of carbonyl (C=O) groups excluding carboxylic acids is 4. The minimum atomic E-state index is -0.796. The maximum absolute atomic E-state index is 12.4. The number of allylic oxidation sites excluding steroid dienone is 1. The first-order chi connectivity index (χ1) is 14.9. The summed E-state index contributed by atoms with van der Waals surface area (Å²) in [6.07, 6.45) is 1.86. The van der Waals surface area contributed by atoms with Gasteiger partial charge in [-0.25, -0.2) is 4.79 Å². The molecule has 31 heavy (non-hydrogen) atoms. The predicted octanol–water partition coefficient (Wildman–Crippen LogP) is 0.497. The van der Waals surface area contributed by atoms with Crippen molar-refractivity contribution in [1.29, 1.82) is 0 Å². The van der Waals surface area contributed by atoms with Crippen molar-refractivity contribution >= 4 is 23.6 Å². The summed E-state index contributed by atoms with van der Waals surface area (Å²) in [4.78, 5) is 47.3. The zero-order chi connectivity index (χ0) is 23.1.